The summed E-state index contributed by atoms with van der Waals surface area (Å²) in [5, 5.41) is 0.960. The third-order valence-corrected chi connectivity index (χ3v) is 6.16. The Balaban J connectivity index is 1.88. The molecule has 0 saturated carbocycles. The average molecular weight is 372 g/mol. The van der Waals surface area contributed by atoms with Crippen LogP contribution in [0.1, 0.15) is 11.7 Å². The van der Waals surface area contributed by atoms with Crippen LogP contribution < -0.4 is 0 Å². The molecule has 1 atom stereocenters. The van der Waals surface area contributed by atoms with Gasteiger partial charge in [-0.25, -0.2) is 8.42 Å². The van der Waals surface area contributed by atoms with Crippen molar-refractivity contribution in [2.75, 3.05) is 19.7 Å². The van der Waals surface area contributed by atoms with E-state index in [1.165, 1.54) is 10.4 Å². The number of ether oxygens (including phenoxy) is 1. The molecule has 122 valence electrons. The van der Waals surface area contributed by atoms with E-state index in [-0.39, 0.29) is 17.5 Å². The zero-order chi connectivity index (χ0) is 16.4. The minimum atomic E-state index is -3.61. The molecule has 0 aliphatic carbocycles. The van der Waals surface area contributed by atoms with Gasteiger partial charge in [0.15, 0.2) is 0 Å². The molecule has 0 N–H and O–H groups in total. The lowest BCUT2D eigenvalue weighted by atomic mass is 10.1. The molecule has 7 heteroatoms. The van der Waals surface area contributed by atoms with Crippen LogP contribution in [0.15, 0.2) is 53.4 Å². The number of morpholine rings is 1. The third-order valence-electron chi connectivity index (χ3n) is 3.72. The Kier molecular flexibility index (Phi) is 4.94. The summed E-state index contributed by atoms with van der Waals surface area (Å²) in [6, 6.07) is 13.6. The zero-order valence-electron chi connectivity index (χ0n) is 12.2. The first-order valence-corrected chi connectivity index (χ1v) is 9.30. The molecule has 3 rings (SSSR count). The summed E-state index contributed by atoms with van der Waals surface area (Å²) in [6.07, 6.45) is -0.383. The number of hydrogen-bond donors (Lipinski definition) is 0. The van der Waals surface area contributed by atoms with Crippen LogP contribution in [-0.2, 0) is 14.8 Å². The van der Waals surface area contributed by atoms with E-state index in [2.05, 4.69) is 0 Å². The highest BCUT2D eigenvalue weighted by Crippen LogP contribution is 2.30. The molecule has 1 fully saturated rings. The van der Waals surface area contributed by atoms with Crippen LogP contribution in [-0.4, -0.2) is 32.4 Å². The number of nitrogens with zero attached hydrogens (tertiary/aromatic N) is 1. The Bertz CT molecular complexity index is 810. The summed E-state index contributed by atoms with van der Waals surface area (Å²) in [7, 11) is -3.61. The second-order valence-corrected chi connectivity index (χ2v) is 7.98. The number of halogens is 2. The Hall–Kier alpha value is -1.11. The van der Waals surface area contributed by atoms with Crippen molar-refractivity contribution in [2.24, 2.45) is 0 Å². The first-order valence-electron chi connectivity index (χ1n) is 7.10. The highest BCUT2D eigenvalue weighted by molar-refractivity contribution is 7.89. The number of rotatable bonds is 3. The van der Waals surface area contributed by atoms with Crippen LogP contribution in [0.25, 0.3) is 0 Å². The summed E-state index contributed by atoms with van der Waals surface area (Å²) in [6.45, 7) is 0.837. The van der Waals surface area contributed by atoms with Crippen LogP contribution in [0.2, 0.25) is 10.0 Å². The fourth-order valence-electron chi connectivity index (χ4n) is 2.54. The molecule has 23 heavy (non-hydrogen) atoms. The van der Waals surface area contributed by atoms with Gasteiger partial charge in [0.05, 0.1) is 17.6 Å². The summed E-state index contributed by atoms with van der Waals surface area (Å²) in [4.78, 5) is 0.185. The molecule has 1 heterocycles. The number of benzene rings is 2. The van der Waals surface area contributed by atoms with Crippen molar-refractivity contribution in [1.82, 2.24) is 4.31 Å². The van der Waals surface area contributed by atoms with Crippen molar-refractivity contribution < 1.29 is 13.2 Å². The van der Waals surface area contributed by atoms with Crippen molar-refractivity contribution in [3.63, 3.8) is 0 Å². The molecule has 2 aromatic carbocycles. The predicted molar refractivity (Wildman–Crippen MR) is 90.4 cm³/mol. The van der Waals surface area contributed by atoms with Crippen LogP contribution >= 0.6 is 23.2 Å². The molecule has 0 aromatic heterocycles. The van der Waals surface area contributed by atoms with Gasteiger partial charge in [0.1, 0.15) is 0 Å². The van der Waals surface area contributed by atoms with Gasteiger partial charge in [0.2, 0.25) is 10.0 Å². The quantitative estimate of drug-likeness (QED) is 0.824. The Morgan fingerprint density at radius 2 is 1.87 bits per heavy atom. The molecule has 4 nitrogen and oxygen atoms in total. The third kappa shape index (κ3) is 3.54. The maximum atomic E-state index is 12.8. The van der Waals surface area contributed by atoms with Gasteiger partial charge < -0.3 is 4.74 Å². The van der Waals surface area contributed by atoms with Gasteiger partial charge >= 0.3 is 0 Å². The fraction of sp³-hybridized carbons (Fsp3) is 0.250. The minimum Gasteiger partial charge on any atom is -0.371 e. The molecule has 2 aromatic rings. The van der Waals surface area contributed by atoms with Gasteiger partial charge in [0, 0.05) is 28.7 Å². The summed E-state index contributed by atoms with van der Waals surface area (Å²) < 4.78 is 32.7. The standard InChI is InChI=1S/C16H15Cl2NO3S/c17-12-4-3-5-13(10-12)23(20,21)19-8-9-22-16(11-19)14-6-1-2-7-15(14)18/h1-7,10,16H,8-9,11H2. The van der Waals surface area contributed by atoms with Gasteiger partial charge in [-0.05, 0) is 24.3 Å². The predicted octanol–water partition coefficient (Wildman–Crippen LogP) is 3.76. The maximum Gasteiger partial charge on any atom is 0.243 e. The van der Waals surface area contributed by atoms with Crippen LogP contribution in [0.5, 0.6) is 0 Å². The molecule has 1 unspecified atom stereocenters. The SMILES string of the molecule is O=S(=O)(c1cccc(Cl)c1)N1CCOC(c2ccccc2Cl)C1. The Labute approximate surface area is 145 Å². The van der Waals surface area contributed by atoms with Crippen molar-refractivity contribution in [3.05, 3.63) is 64.1 Å². The number of hydrogen-bond acceptors (Lipinski definition) is 3. The molecular weight excluding hydrogens is 357 g/mol. The molecule has 0 spiro atoms. The fourth-order valence-corrected chi connectivity index (χ4v) is 4.53. The molecule has 1 saturated heterocycles. The van der Waals surface area contributed by atoms with E-state index in [9.17, 15) is 8.42 Å². The highest BCUT2D eigenvalue weighted by atomic mass is 35.5. The van der Waals surface area contributed by atoms with E-state index in [1.54, 1.807) is 24.3 Å². The first-order chi connectivity index (χ1) is 11.0. The molecule has 0 radical (unpaired) electrons. The van der Waals surface area contributed by atoms with E-state index in [0.717, 1.165) is 5.56 Å². The Morgan fingerprint density at radius 3 is 2.61 bits per heavy atom. The summed E-state index contributed by atoms with van der Waals surface area (Å²) >= 11 is 12.1. The van der Waals surface area contributed by atoms with Gasteiger partial charge in [-0.2, -0.15) is 4.31 Å². The van der Waals surface area contributed by atoms with Gasteiger partial charge in [-0.15, -0.1) is 0 Å². The lowest BCUT2D eigenvalue weighted by Gasteiger charge is -2.32. The minimum absolute atomic E-state index is 0.185. The lowest BCUT2D eigenvalue weighted by Crippen LogP contribution is -2.42. The van der Waals surface area contributed by atoms with Crippen LogP contribution in [0.3, 0.4) is 0 Å². The molecule has 1 aliphatic heterocycles. The molecular formula is C16H15Cl2NO3S. The smallest absolute Gasteiger partial charge is 0.243 e. The highest BCUT2D eigenvalue weighted by Gasteiger charge is 2.32. The summed E-state index contributed by atoms with van der Waals surface area (Å²) in [5.74, 6) is 0. The Morgan fingerprint density at radius 1 is 1.09 bits per heavy atom. The van der Waals surface area contributed by atoms with Crippen molar-refractivity contribution >= 4 is 33.2 Å². The molecule has 1 aliphatic rings. The number of sulfonamides is 1. The largest absolute Gasteiger partial charge is 0.371 e. The normalized spacial score (nSPS) is 19.7. The van der Waals surface area contributed by atoms with Gasteiger partial charge in [-0.3, -0.25) is 0 Å². The molecule has 0 amide bonds. The van der Waals surface area contributed by atoms with Crippen LogP contribution in [0, 0.1) is 0 Å². The topological polar surface area (TPSA) is 46.6 Å². The molecule has 0 bridgehead atoms. The van der Waals surface area contributed by atoms with E-state index in [1.807, 2.05) is 18.2 Å². The second kappa shape index (κ2) is 6.79. The maximum absolute atomic E-state index is 12.8. The second-order valence-electron chi connectivity index (χ2n) is 5.20. The average Bonchev–Trinajstić information content (AvgIpc) is 2.55. The summed E-state index contributed by atoms with van der Waals surface area (Å²) in [5.41, 5.74) is 0.792. The zero-order valence-corrected chi connectivity index (χ0v) is 14.5. The van der Waals surface area contributed by atoms with Gasteiger partial charge in [0.25, 0.3) is 0 Å². The van der Waals surface area contributed by atoms with Crippen molar-refractivity contribution in [2.45, 2.75) is 11.0 Å². The lowest BCUT2D eigenvalue weighted by molar-refractivity contribution is -0.00249. The van der Waals surface area contributed by atoms with E-state index in [4.69, 9.17) is 27.9 Å². The first kappa shape index (κ1) is 16.7. The van der Waals surface area contributed by atoms with E-state index >= 15 is 0 Å². The monoisotopic (exact) mass is 371 g/mol. The van der Waals surface area contributed by atoms with Crippen LogP contribution in [0.4, 0.5) is 0 Å². The van der Waals surface area contributed by atoms with Crippen molar-refractivity contribution in [1.29, 1.82) is 0 Å². The van der Waals surface area contributed by atoms with E-state index in [0.29, 0.717) is 23.2 Å². The van der Waals surface area contributed by atoms with Gasteiger partial charge in [-0.1, -0.05) is 47.5 Å². The van der Waals surface area contributed by atoms with Crippen molar-refractivity contribution in [3.8, 4) is 0 Å². The van der Waals surface area contributed by atoms with E-state index < -0.39 is 10.0 Å².